The first-order valence-electron chi connectivity index (χ1n) is 8.51. The van der Waals surface area contributed by atoms with Crippen molar-refractivity contribution in [3.8, 4) is 0 Å². The number of rotatable bonds is 6. The number of ether oxygens (including phenoxy) is 1. The summed E-state index contributed by atoms with van der Waals surface area (Å²) >= 11 is 0. The van der Waals surface area contributed by atoms with Gasteiger partial charge in [0, 0.05) is 18.7 Å². The van der Waals surface area contributed by atoms with E-state index in [1.165, 1.54) is 6.07 Å². The zero-order chi connectivity index (χ0) is 17.6. The molecule has 0 amide bonds. The summed E-state index contributed by atoms with van der Waals surface area (Å²) in [5.74, 6) is -1.14. The van der Waals surface area contributed by atoms with Crippen LogP contribution in [0.15, 0.2) is 48.5 Å². The third-order valence-corrected chi connectivity index (χ3v) is 4.50. The molecule has 2 aromatic carbocycles. The molecule has 1 aliphatic heterocycles. The van der Waals surface area contributed by atoms with Crippen LogP contribution in [0, 0.1) is 5.82 Å². The van der Waals surface area contributed by atoms with Crippen molar-refractivity contribution < 1.29 is 19.0 Å². The summed E-state index contributed by atoms with van der Waals surface area (Å²) < 4.78 is 19.6. The van der Waals surface area contributed by atoms with Crippen molar-refractivity contribution >= 4 is 5.97 Å². The maximum Gasteiger partial charge on any atom is 0.335 e. The van der Waals surface area contributed by atoms with Gasteiger partial charge >= 0.3 is 5.97 Å². The van der Waals surface area contributed by atoms with Crippen LogP contribution in [-0.2, 0) is 17.9 Å². The molecule has 5 heteroatoms. The topological polar surface area (TPSA) is 49.8 Å². The van der Waals surface area contributed by atoms with E-state index in [9.17, 15) is 9.18 Å². The molecule has 1 heterocycles. The molecular formula is C20H22FNO3. The minimum absolute atomic E-state index is 0.0895. The largest absolute Gasteiger partial charge is 0.478 e. The SMILES string of the molecule is O=C(O)c1ccc(CN2CCC[C@H](OCc3ccccc3F)C2)cc1. The van der Waals surface area contributed by atoms with Crippen molar-refractivity contribution in [1.82, 2.24) is 4.90 Å². The van der Waals surface area contributed by atoms with Crippen LogP contribution < -0.4 is 0 Å². The van der Waals surface area contributed by atoms with Crippen LogP contribution in [0.3, 0.4) is 0 Å². The molecule has 25 heavy (non-hydrogen) atoms. The van der Waals surface area contributed by atoms with Gasteiger partial charge in [-0.25, -0.2) is 9.18 Å². The van der Waals surface area contributed by atoms with Gasteiger partial charge in [0.2, 0.25) is 0 Å². The maximum absolute atomic E-state index is 13.7. The smallest absolute Gasteiger partial charge is 0.335 e. The lowest BCUT2D eigenvalue weighted by Crippen LogP contribution is -2.39. The van der Waals surface area contributed by atoms with Gasteiger partial charge in [0.05, 0.1) is 18.3 Å². The fourth-order valence-corrected chi connectivity index (χ4v) is 3.13. The third-order valence-electron chi connectivity index (χ3n) is 4.50. The molecule has 2 aromatic rings. The Morgan fingerprint density at radius 1 is 1.20 bits per heavy atom. The van der Waals surface area contributed by atoms with Crippen molar-refractivity contribution in [1.29, 1.82) is 0 Å². The van der Waals surface area contributed by atoms with E-state index in [1.807, 2.05) is 18.2 Å². The van der Waals surface area contributed by atoms with Crippen LogP contribution in [0.4, 0.5) is 4.39 Å². The Bertz CT molecular complexity index is 717. The van der Waals surface area contributed by atoms with Gasteiger partial charge < -0.3 is 9.84 Å². The van der Waals surface area contributed by atoms with E-state index in [4.69, 9.17) is 9.84 Å². The lowest BCUT2D eigenvalue weighted by Gasteiger charge is -2.32. The zero-order valence-electron chi connectivity index (χ0n) is 14.0. The Kier molecular flexibility index (Phi) is 5.79. The van der Waals surface area contributed by atoms with E-state index in [2.05, 4.69) is 4.90 Å². The van der Waals surface area contributed by atoms with Crippen molar-refractivity contribution in [3.05, 3.63) is 71.0 Å². The van der Waals surface area contributed by atoms with E-state index >= 15 is 0 Å². The monoisotopic (exact) mass is 343 g/mol. The van der Waals surface area contributed by atoms with Crippen molar-refractivity contribution in [2.45, 2.75) is 32.1 Å². The van der Waals surface area contributed by atoms with Crippen molar-refractivity contribution in [3.63, 3.8) is 0 Å². The van der Waals surface area contributed by atoms with Gasteiger partial charge in [0.25, 0.3) is 0 Å². The Morgan fingerprint density at radius 3 is 2.68 bits per heavy atom. The van der Waals surface area contributed by atoms with Gasteiger partial charge in [-0.05, 0) is 43.1 Å². The second kappa shape index (κ2) is 8.23. The summed E-state index contributed by atoms with van der Waals surface area (Å²) in [4.78, 5) is 13.2. The second-order valence-corrected chi connectivity index (χ2v) is 6.40. The molecule has 1 saturated heterocycles. The molecule has 4 nitrogen and oxygen atoms in total. The number of nitrogens with zero attached hydrogens (tertiary/aromatic N) is 1. The number of hydrogen-bond acceptors (Lipinski definition) is 3. The highest BCUT2D eigenvalue weighted by Crippen LogP contribution is 2.18. The average molecular weight is 343 g/mol. The number of likely N-dealkylation sites (tertiary alicyclic amines) is 1. The van der Waals surface area contributed by atoms with Crippen molar-refractivity contribution in [2.75, 3.05) is 13.1 Å². The Hall–Kier alpha value is -2.24. The van der Waals surface area contributed by atoms with E-state index in [0.717, 1.165) is 38.0 Å². The first-order chi connectivity index (χ1) is 12.1. The minimum Gasteiger partial charge on any atom is -0.478 e. The van der Waals surface area contributed by atoms with E-state index in [0.29, 0.717) is 17.7 Å². The van der Waals surface area contributed by atoms with Crippen molar-refractivity contribution in [2.24, 2.45) is 0 Å². The molecule has 132 valence electrons. The lowest BCUT2D eigenvalue weighted by atomic mass is 10.1. The number of halogens is 1. The maximum atomic E-state index is 13.7. The highest BCUT2D eigenvalue weighted by atomic mass is 19.1. The highest BCUT2D eigenvalue weighted by molar-refractivity contribution is 5.87. The molecule has 0 saturated carbocycles. The Balaban J connectivity index is 1.52. The molecule has 0 radical (unpaired) electrons. The molecule has 0 unspecified atom stereocenters. The van der Waals surface area contributed by atoms with Gasteiger partial charge in [0.15, 0.2) is 0 Å². The molecule has 1 fully saturated rings. The molecule has 1 aliphatic rings. The highest BCUT2D eigenvalue weighted by Gasteiger charge is 2.21. The molecule has 0 aromatic heterocycles. The predicted molar refractivity (Wildman–Crippen MR) is 92.9 cm³/mol. The number of piperidine rings is 1. The predicted octanol–water partition coefficient (Wildman–Crippen LogP) is 3.71. The standard InChI is InChI=1S/C20H22FNO3/c21-19-6-2-1-4-17(19)14-25-18-5-3-11-22(13-18)12-15-7-9-16(10-8-15)20(23)24/h1-2,4,6-10,18H,3,5,11-14H2,(H,23,24)/t18-/m0/s1. The molecule has 1 atom stereocenters. The van der Waals surface area contributed by atoms with Crippen LogP contribution in [0.5, 0.6) is 0 Å². The number of hydrogen-bond donors (Lipinski definition) is 1. The van der Waals surface area contributed by atoms with Crippen LogP contribution in [0.1, 0.15) is 34.3 Å². The summed E-state index contributed by atoms with van der Waals surface area (Å²) in [5.41, 5.74) is 1.97. The van der Waals surface area contributed by atoms with Crippen LogP contribution in [0.25, 0.3) is 0 Å². The number of carbonyl (C=O) groups is 1. The zero-order valence-corrected chi connectivity index (χ0v) is 14.0. The fourth-order valence-electron chi connectivity index (χ4n) is 3.13. The number of aromatic carboxylic acids is 1. The number of carboxylic acid groups (broad SMARTS) is 1. The fraction of sp³-hybridized carbons (Fsp3) is 0.350. The van der Waals surface area contributed by atoms with Gasteiger partial charge in [0.1, 0.15) is 5.82 Å². The summed E-state index contributed by atoms with van der Waals surface area (Å²) in [6.45, 7) is 2.84. The van der Waals surface area contributed by atoms with E-state index < -0.39 is 5.97 Å². The molecular weight excluding hydrogens is 321 g/mol. The summed E-state index contributed by atoms with van der Waals surface area (Å²) in [6, 6.07) is 13.7. The van der Waals surface area contributed by atoms with Gasteiger partial charge in [-0.1, -0.05) is 30.3 Å². The minimum atomic E-state index is -0.911. The van der Waals surface area contributed by atoms with Gasteiger partial charge in [-0.15, -0.1) is 0 Å². The van der Waals surface area contributed by atoms with Gasteiger partial charge in [-0.3, -0.25) is 4.90 Å². The quantitative estimate of drug-likeness (QED) is 0.869. The first-order valence-corrected chi connectivity index (χ1v) is 8.51. The molecule has 0 spiro atoms. The molecule has 0 bridgehead atoms. The normalized spacial score (nSPS) is 18.2. The first kappa shape index (κ1) is 17.6. The summed E-state index contributed by atoms with van der Waals surface area (Å²) in [5, 5.41) is 8.95. The lowest BCUT2D eigenvalue weighted by molar-refractivity contribution is -0.0129. The average Bonchev–Trinajstić information content (AvgIpc) is 2.62. The third kappa shape index (κ3) is 4.87. The number of carboxylic acids is 1. The molecule has 0 aliphatic carbocycles. The molecule has 1 N–H and O–H groups in total. The summed E-state index contributed by atoms with van der Waals surface area (Å²) in [7, 11) is 0. The molecule has 3 rings (SSSR count). The van der Waals surface area contributed by atoms with Crippen LogP contribution in [-0.4, -0.2) is 35.2 Å². The van der Waals surface area contributed by atoms with Crippen LogP contribution in [0.2, 0.25) is 0 Å². The Labute approximate surface area is 146 Å². The number of benzene rings is 2. The summed E-state index contributed by atoms with van der Waals surface area (Å²) in [6.07, 6.45) is 2.10. The van der Waals surface area contributed by atoms with E-state index in [1.54, 1.807) is 24.3 Å². The second-order valence-electron chi connectivity index (χ2n) is 6.40. The van der Waals surface area contributed by atoms with E-state index in [-0.39, 0.29) is 11.9 Å². The van der Waals surface area contributed by atoms with Crippen LogP contribution >= 0.6 is 0 Å². The van der Waals surface area contributed by atoms with Gasteiger partial charge in [-0.2, -0.15) is 0 Å². The Morgan fingerprint density at radius 2 is 1.96 bits per heavy atom.